The number of hydrogen-bond donors (Lipinski definition) is 0. The van der Waals surface area contributed by atoms with Crippen LogP contribution in [0.25, 0.3) is 0 Å². The van der Waals surface area contributed by atoms with E-state index in [4.69, 9.17) is 4.74 Å². The minimum absolute atomic E-state index is 0.0244. The molecule has 0 bridgehead atoms. The van der Waals surface area contributed by atoms with Gasteiger partial charge in [0, 0.05) is 6.42 Å². The van der Waals surface area contributed by atoms with E-state index in [1.54, 1.807) is 0 Å². The second-order valence-corrected chi connectivity index (χ2v) is 8.22. The van der Waals surface area contributed by atoms with Gasteiger partial charge in [0.05, 0.1) is 12.0 Å². The van der Waals surface area contributed by atoms with Crippen molar-refractivity contribution < 1.29 is 26.7 Å². The van der Waals surface area contributed by atoms with Crippen molar-refractivity contribution in [3.05, 3.63) is 0 Å². The van der Waals surface area contributed by atoms with Crippen LogP contribution in [-0.4, -0.2) is 30.7 Å². The molecule has 25 heavy (non-hydrogen) atoms. The molecule has 0 aromatic carbocycles. The Morgan fingerprint density at radius 3 is 2.00 bits per heavy atom. The Morgan fingerprint density at radius 2 is 1.36 bits per heavy atom. The van der Waals surface area contributed by atoms with Crippen LogP contribution in [0.5, 0.6) is 0 Å². The SMILES string of the molecule is FC1CCC(OC(F)(F)C2CCC(C3CCCCC3F)CC2)CC1F. The van der Waals surface area contributed by atoms with E-state index in [0.29, 0.717) is 32.1 Å². The van der Waals surface area contributed by atoms with Gasteiger partial charge in [0.15, 0.2) is 0 Å². The fraction of sp³-hybridized carbons (Fsp3) is 1.00. The Bertz CT molecular complexity index is 424. The molecule has 0 aromatic heterocycles. The maximum atomic E-state index is 14.5. The number of hydrogen-bond acceptors (Lipinski definition) is 1. The van der Waals surface area contributed by atoms with Gasteiger partial charge in [-0.3, -0.25) is 0 Å². The lowest BCUT2D eigenvalue weighted by atomic mass is 9.70. The van der Waals surface area contributed by atoms with Crippen molar-refractivity contribution in [3.63, 3.8) is 0 Å². The van der Waals surface area contributed by atoms with E-state index in [1.165, 1.54) is 0 Å². The number of halogens is 5. The van der Waals surface area contributed by atoms with E-state index in [9.17, 15) is 22.0 Å². The quantitative estimate of drug-likeness (QED) is 0.540. The zero-order valence-corrected chi connectivity index (χ0v) is 14.6. The second-order valence-electron chi connectivity index (χ2n) is 8.22. The van der Waals surface area contributed by atoms with Crippen LogP contribution in [0, 0.1) is 17.8 Å². The molecule has 0 heterocycles. The Hall–Kier alpha value is -0.390. The fourth-order valence-electron chi connectivity index (χ4n) is 5.00. The molecule has 0 N–H and O–H groups in total. The molecule has 146 valence electrons. The van der Waals surface area contributed by atoms with Gasteiger partial charge in [0.25, 0.3) is 0 Å². The van der Waals surface area contributed by atoms with Gasteiger partial charge in [0.1, 0.15) is 18.5 Å². The van der Waals surface area contributed by atoms with E-state index in [1.807, 2.05) is 0 Å². The molecule has 3 aliphatic rings. The molecule has 0 aromatic rings. The monoisotopic (exact) mass is 368 g/mol. The predicted molar refractivity (Wildman–Crippen MR) is 85.8 cm³/mol. The number of rotatable bonds is 4. The van der Waals surface area contributed by atoms with Gasteiger partial charge in [-0.25, -0.2) is 13.2 Å². The van der Waals surface area contributed by atoms with E-state index < -0.39 is 36.6 Å². The fourth-order valence-corrected chi connectivity index (χ4v) is 5.00. The van der Waals surface area contributed by atoms with Crippen LogP contribution >= 0.6 is 0 Å². The first-order valence-corrected chi connectivity index (χ1v) is 9.84. The van der Waals surface area contributed by atoms with E-state index >= 15 is 0 Å². The van der Waals surface area contributed by atoms with Crippen molar-refractivity contribution >= 4 is 0 Å². The van der Waals surface area contributed by atoms with Crippen molar-refractivity contribution in [2.45, 2.75) is 101 Å². The van der Waals surface area contributed by atoms with E-state index in [2.05, 4.69) is 0 Å². The summed E-state index contributed by atoms with van der Waals surface area (Å²) >= 11 is 0. The third-order valence-corrected chi connectivity index (χ3v) is 6.55. The molecule has 0 radical (unpaired) electrons. The summed E-state index contributed by atoms with van der Waals surface area (Å²) < 4.78 is 74.5. The molecule has 5 unspecified atom stereocenters. The van der Waals surface area contributed by atoms with Crippen LogP contribution < -0.4 is 0 Å². The summed E-state index contributed by atoms with van der Waals surface area (Å²) in [6.07, 6.45) is -3.21. The molecular formula is C19H29F5O. The zero-order valence-electron chi connectivity index (χ0n) is 14.6. The molecule has 3 rings (SSSR count). The van der Waals surface area contributed by atoms with Gasteiger partial charge in [-0.1, -0.05) is 12.8 Å². The van der Waals surface area contributed by atoms with Crippen molar-refractivity contribution in [1.82, 2.24) is 0 Å². The lowest BCUT2D eigenvalue weighted by molar-refractivity contribution is -0.304. The maximum absolute atomic E-state index is 14.5. The molecule has 0 amide bonds. The average Bonchev–Trinajstić information content (AvgIpc) is 2.58. The number of ether oxygens (including phenoxy) is 1. The highest BCUT2D eigenvalue weighted by Gasteiger charge is 2.47. The topological polar surface area (TPSA) is 9.23 Å². The Kier molecular flexibility index (Phi) is 6.27. The normalized spacial score (nSPS) is 43.8. The third kappa shape index (κ3) is 4.67. The first-order valence-electron chi connectivity index (χ1n) is 9.84. The Morgan fingerprint density at radius 1 is 0.680 bits per heavy atom. The van der Waals surface area contributed by atoms with Crippen LogP contribution in [0.2, 0.25) is 0 Å². The molecule has 3 saturated carbocycles. The van der Waals surface area contributed by atoms with Gasteiger partial charge in [-0.05, 0) is 63.2 Å². The summed E-state index contributed by atoms with van der Waals surface area (Å²) in [7, 11) is 0. The highest BCUT2D eigenvalue weighted by Crippen LogP contribution is 2.46. The summed E-state index contributed by atoms with van der Waals surface area (Å²) in [6.45, 7) is 0. The van der Waals surface area contributed by atoms with E-state index in [-0.39, 0.29) is 31.1 Å². The first kappa shape index (κ1) is 19.4. The Balaban J connectivity index is 1.49. The molecule has 0 aliphatic heterocycles. The summed E-state index contributed by atoms with van der Waals surface area (Å²) in [6, 6.07) is 0. The van der Waals surface area contributed by atoms with Gasteiger partial charge >= 0.3 is 6.11 Å². The van der Waals surface area contributed by atoms with Crippen molar-refractivity contribution in [2.75, 3.05) is 0 Å². The highest BCUT2D eigenvalue weighted by molar-refractivity contribution is 4.87. The zero-order chi connectivity index (χ0) is 18.0. The largest absolute Gasteiger partial charge is 0.358 e. The van der Waals surface area contributed by atoms with Crippen LogP contribution in [0.4, 0.5) is 22.0 Å². The second kappa shape index (κ2) is 8.10. The lowest BCUT2D eigenvalue weighted by Gasteiger charge is -2.40. The Labute approximate surface area is 146 Å². The van der Waals surface area contributed by atoms with Gasteiger partial charge < -0.3 is 4.74 Å². The average molecular weight is 368 g/mol. The molecule has 0 spiro atoms. The van der Waals surface area contributed by atoms with Crippen LogP contribution in [0.3, 0.4) is 0 Å². The minimum Gasteiger partial charge on any atom is -0.317 e. The minimum atomic E-state index is -3.31. The summed E-state index contributed by atoms with van der Waals surface area (Å²) in [5, 5.41) is 0. The lowest BCUT2D eigenvalue weighted by Crippen LogP contribution is -2.42. The molecule has 1 nitrogen and oxygen atoms in total. The molecule has 6 heteroatoms. The number of alkyl halides is 5. The van der Waals surface area contributed by atoms with Crippen LogP contribution in [-0.2, 0) is 4.74 Å². The first-order chi connectivity index (χ1) is 11.9. The van der Waals surface area contributed by atoms with Crippen LogP contribution in [0.1, 0.15) is 70.6 Å². The summed E-state index contributed by atoms with van der Waals surface area (Å²) in [5.41, 5.74) is 0. The summed E-state index contributed by atoms with van der Waals surface area (Å²) in [5.74, 6) is -0.678. The highest BCUT2D eigenvalue weighted by atomic mass is 19.3. The molecule has 3 aliphatic carbocycles. The molecule has 5 atom stereocenters. The smallest absolute Gasteiger partial charge is 0.317 e. The van der Waals surface area contributed by atoms with Crippen molar-refractivity contribution in [1.29, 1.82) is 0 Å². The summed E-state index contributed by atoms with van der Waals surface area (Å²) in [4.78, 5) is 0. The van der Waals surface area contributed by atoms with Crippen molar-refractivity contribution in [2.24, 2.45) is 17.8 Å². The van der Waals surface area contributed by atoms with E-state index in [0.717, 1.165) is 19.3 Å². The van der Waals surface area contributed by atoms with Crippen molar-refractivity contribution in [3.8, 4) is 0 Å². The molecule has 0 saturated heterocycles. The predicted octanol–water partition coefficient (Wildman–Crippen LogP) is 6.16. The molecule has 3 fully saturated rings. The van der Waals surface area contributed by atoms with Gasteiger partial charge in [-0.15, -0.1) is 0 Å². The third-order valence-electron chi connectivity index (χ3n) is 6.55. The standard InChI is InChI=1S/C19H29F5O/c20-16-4-2-1-3-15(16)12-5-7-13(8-6-12)19(23,24)25-14-9-10-17(21)18(22)11-14/h12-18H,1-11H2. The van der Waals surface area contributed by atoms with Crippen LogP contribution in [0.15, 0.2) is 0 Å². The molecular weight excluding hydrogens is 339 g/mol. The van der Waals surface area contributed by atoms with Gasteiger partial charge in [-0.2, -0.15) is 8.78 Å². The maximum Gasteiger partial charge on any atom is 0.358 e. The van der Waals surface area contributed by atoms with Gasteiger partial charge in [0.2, 0.25) is 0 Å².